The van der Waals surface area contributed by atoms with E-state index >= 15 is 0 Å². The highest BCUT2D eigenvalue weighted by atomic mass is 16.2. The number of aromatic amines is 1. The Labute approximate surface area is 142 Å². The Morgan fingerprint density at radius 1 is 1.12 bits per heavy atom. The molecule has 0 unspecified atom stereocenters. The summed E-state index contributed by atoms with van der Waals surface area (Å²) in [6.45, 7) is 2.76. The summed E-state index contributed by atoms with van der Waals surface area (Å²) in [7, 11) is 1.92. The number of para-hydroxylation sites is 1. The van der Waals surface area contributed by atoms with Crippen molar-refractivity contribution in [1.82, 2.24) is 9.88 Å². The van der Waals surface area contributed by atoms with Crippen molar-refractivity contribution in [3.8, 4) is 0 Å². The Morgan fingerprint density at radius 3 is 2.58 bits per heavy atom. The molecule has 122 valence electrons. The predicted octanol–water partition coefficient (Wildman–Crippen LogP) is 4.28. The van der Waals surface area contributed by atoms with Gasteiger partial charge >= 0.3 is 0 Å². The molecule has 1 saturated carbocycles. The van der Waals surface area contributed by atoms with Crippen LogP contribution in [0.25, 0.3) is 10.9 Å². The largest absolute Gasteiger partial charge is 0.361 e. The van der Waals surface area contributed by atoms with Crippen LogP contribution < -0.4 is 0 Å². The summed E-state index contributed by atoms with van der Waals surface area (Å²) in [6.07, 6.45) is 4.41. The monoisotopic (exact) mass is 318 g/mol. The van der Waals surface area contributed by atoms with Gasteiger partial charge in [-0.1, -0.05) is 36.4 Å². The Morgan fingerprint density at radius 2 is 1.83 bits per heavy atom. The van der Waals surface area contributed by atoms with E-state index in [0.29, 0.717) is 0 Å². The molecule has 0 radical (unpaired) electrons. The lowest BCUT2D eigenvalue weighted by molar-refractivity contribution is 0.0781. The van der Waals surface area contributed by atoms with E-state index in [2.05, 4.69) is 35.4 Å². The second kappa shape index (κ2) is 5.52. The fourth-order valence-electron chi connectivity index (χ4n) is 3.72. The normalized spacial score (nSPS) is 15.4. The summed E-state index contributed by atoms with van der Waals surface area (Å²) in [5, 5.41) is 1.28. The lowest BCUT2D eigenvalue weighted by atomic mass is 9.94. The van der Waals surface area contributed by atoms with Crippen LogP contribution in [0.1, 0.15) is 34.3 Å². The molecule has 1 aromatic heterocycles. The van der Waals surface area contributed by atoms with E-state index in [1.54, 1.807) is 0 Å². The smallest absolute Gasteiger partial charge is 0.253 e. The highest BCUT2D eigenvalue weighted by molar-refractivity contribution is 5.95. The number of fused-ring (bicyclic) bond motifs is 1. The molecule has 4 rings (SSSR count). The lowest BCUT2D eigenvalue weighted by Gasteiger charge is -2.24. The first-order chi connectivity index (χ1) is 11.6. The fraction of sp³-hybridized carbons (Fsp3) is 0.286. The van der Waals surface area contributed by atoms with Gasteiger partial charge in [0.15, 0.2) is 0 Å². The van der Waals surface area contributed by atoms with Crippen molar-refractivity contribution in [1.29, 1.82) is 0 Å². The highest BCUT2D eigenvalue weighted by Gasteiger charge is 2.47. The molecule has 3 heteroatoms. The third-order valence-corrected chi connectivity index (χ3v) is 5.28. The zero-order valence-electron chi connectivity index (χ0n) is 14.2. The van der Waals surface area contributed by atoms with E-state index in [4.69, 9.17) is 0 Å². The molecule has 1 N–H and O–H groups in total. The highest BCUT2D eigenvalue weighted by Crippen LogP contribution is 2.50. The van der Waals surface area contributed by atoms with E-state index in [9.17, 15) is 4.79 Å². The summed E-state index contributed by atoms with van der Waals surface area (Å²) in [5.74, 6) is 0.110. The minimum Gasteiger partial charge on any atom is -0.361 e. The van der Waals surface area contributed by atoms with Crippen molar-refractivity contribution in [3.63, 3.8) is 0 Å². The standard InChI is InChI=1S/C21H22N2O/c1-15-7-3-4-8-16(15)20(24)23(2)14-21(11-12-21)18-13-22-19-10-6-5-9-17(18)19/h3-10,13,22H,11-12,14H2,1-2H3. The van der Waals surface area contributed by atoms with Crippen LogP contribution in [-0.2, 0) is 5.41 Å². The molecule has 1 aliphatic rings. The van der Waals surface area contributed by atoms with Gasteiger partial charge in [-0.15, -0.1) is 0 Å². The maximum Gasteiger partial charge on any atom is 0.253 e. The van der Waals surface area contributed by atoms with Crippen molar-refractivity contribution in [2.45, 2.75) is 25.2 Å². The second-order valence-corrected chi connectivity index (χ2v) is 7.00. The van der Waals surface area contributed by atoms with E-state index in [-0.39, 0.29) is 11.3 Å². The average molecular weight is 318 g/mol. The Hall–Kier alpha value is -2.55. The number of hydrogen-bond donors (Lipinski definition) is 1. The number of nitrogens with one attached hydrogen (secondary N) is 1. The van der Waals surface area contributed by atoms with Crippen LogP contribution in [0.15, 0.2) is 54.7 Å². The van der Waals surface area contributed by atoms with E-state index in [1.807, 2.05) is 43.1 Å². The minimum atomic E-state index is 0.104. The van der Waals surface area contributed by atoms with Gasteiger partial charge in [0.25, 0.3) is 5.91 Å². The summed E-state index contributed by atoms with van der Waals surface area (Å²) in [5.41, 5.74) is 4.46. The van der Waals surface area contributed by atoms with Crippen LogP contribution in [0.2, 0.25) is 0 Å². The quantitative estimate of drug-likeness (QED) is 0.766. The van der Waals surface area contributed by atoms with Crippen LogP contribution in [-0.4, -0.2) is 29.4 Å². The number of carbonyl (C=O) groups excluding carboxylic acids is 1. The van der Waals surface area contributed by atoms with Crippen LogP contribution in [0.4, 0.5) is 0 Å². The molecule has 0 atom stereocenters. The minimum absolute atomic E-state index is 0.104. The molecule has 0 spiro atoms. The predicted molar refractivity (Wildman–Crippen MR) is 97.4 cm³/mol. The fourth-order valence-corrected chi connectivity index (χ4v) is 3.72. The van der Waals surface area contributed by atoms with E-state index in [1.165, 1.54) is 16.5 Å². The molecule has 3 aromatic rings. The Kier molecular flexibility index (Phi) is 3.45. The number of benzene rings is 2. The Bertz CT molecular complexity index is 905. The summed E-state index contributed by atoms with van der Waals surface area (Å²) in [6, 6.07) is 16.2. The molecule has 0 bridgehead atoms. The van der Waals surface area contributed by atoms with Crippen molar-refractivity contribution < 1.29 is 4.79 Å². The van der Waals surface area contributed by atoms with Crippen LogP contribution in [0, 0.1) is 6.92 Å². The molecule has 1 fully saturated rings. The maximum atomic E-state index is 12.8. The number of hydrogen-bond acceptors (Lipinski definition) is 1. The van der Waals surface area contributed by atoms with Gasteiger partial charge in [-0.05, 0) is 43.0 Å². The molecule has 1 amide bonds. The molecule has 1 heterocycles. The van der Waals surface area contributed by atoms with Gasteiger partial charge < -0.3 is 9.88 Å². The van der Waals surface area contributed by atoms with Gasteiger partial charge in [-0.25, -0.2) is 0 Å². The third-order valence-electron chi connectivity index (χ3n) is 5.28. The van der Waals surface area contributed by atoms with E-state index < -0.39 is 0 Å². The van der Waals surface area contributed by atoms with Gasteiger partial charge in [0.1, 0.15) is 0 Å². The van der Waals surface area contributed by atoms with Crippen molar-refractivity contribution in [3.05, 3.63) is 71.4 Å². The van der Waals surface area contributed by atoms with Gasteiger partial charge in [-0.3, -0.25) is 4.79 Å². The van der Waals surface area contributed by atoms with E-state index in [0.717, 1.165) is 30.5 Å². The summed E-state index contributed by atoms with van der Waals surface area (Å²) < 4.78 is 0. The molecular weight excluding hydrogens is 296 g/mol. The first kappa shape index (κ1) is 15.0. The lowest BCUT2D eigenvalue weighted by Crippen LogP contribution is -2.34. The summed E-state index contributed by atoms with van der Waals surface area (Å²) >= 11 is 0. The first-order valence-corrected chi connectivity index (χ1v) is 8.48. The molecule has 1 aliphatic carbocycles. The molecule has 2 aromatic carbocycles. The van der Waals surface area contributed by atoms with Gasteiger partial charge in [-0.2, -0.15) is 0 Å². The number of aromatic nitrogens is 1. The van der Waals surface area contributed by atoms with Crippen molar-refractivity contribution >= 4 is 16.8 Å². The zero-order valence-corrected chi connectivity index (χ0v) is 14.2. The van der Waals surface area contributed by atoms with Crippen molar-refractivity contribution in [2.75, 3.05) is 13.6 Å². The van der Waals surface area contributed by atoms with Crippen LogP contribution >= 0.6 is 0 Å². The molecule has 0 saturated heterocycles. The van der Waals surface area contributed by atoms with Gasteiger partial charge in [0.05, 0.1) is 0 Å². The number of rotatable bonds is 4. The number of carbonyl (C=O) groups is 1. The summed E-state index contributed by atoms with van der Waals surface area (Å²) in [4.78, 5) is 18.1. The number of H-pyrrole nitrogens is 1. The molecular formula is C21H22N2O. The number of aryl methyl sites for hydroxylation is 1. The Balaban J connectivity index is 1.60. The third kappa shape index (κ3) is 2.41. The zero-order chi connectivity index (χ0) is 16.7. The average Bonchev–Trinajstić information content (AvgIpc) is 3.23. The van der Waals surface area contributed by atoms with Gasteiger partial charge in [0, 0.05) is 41.7 Å². The number of likely N-dealkylation sites (N-methyl/N-ethyl adjacent to an activating group) is 1. The molecule has 0 aliphatic heterocycles. The van der Waals surface area contributed by atoms with Crippen molar-refractivity contribution in [2.24, 2.45) is 0 Å². The molecule has 3 nitrogen and oxygen atoms in total. The SMILES string of the molecule is Cc1ccccc1C(=O)N(C)CC1(c2c[nH]c3ccccc23)CC1. The van der Waals surface area contributed by atoms with Gasteiger partial charge in [0.2, 0.25) is 0 Å². The maximum absolute atomic E-state index is 12.8. The molecule has 24 heavy (non-hydrogen) atoms. The van der Waals surface area contributed by atoms with Crippen LogP contribution in [0.3, 0.4) is 0 Å². The second-order valence-electron chi connectivity index (χ2n) is 7.00. The first-order valence-electron chi connectivity index (χ1n) is 8.48. The number of amides is 1. The number of nitrogens with zero attached hydrogens (tertiary/aromatic N) is 1. The van der Waals surface area contributed by atoms with Crippen LogP contribution in [0.5, 0.6) is 0 Å². The topological polar surface area (TPSA) is 36.1 Å².